The lowest BCUT2D eigenvalue weighted by Gasteiger charge is -2.07. The third kappa shape index (κ3) is 2.83. The first-order chi connectivity index (χ1) is 10.4. The summed E-state index contributed by atoms with van der Waals surface area (Å²) in [6.45, 7) is 3.24. The minimum atomic E-state index is 0.615. The molecule has 0 spiro atoms. The van der Waals surface area contributed by atoms with Crippen molar-refractivity contribution < 1.29 is 4.74 Å². The highest BCUT2D eigenvalue weighted by Gasteiger charge is 2.06. The lowest BCUT2D eigenvalue weighted by molar-refractivity contribution is 0.297. The monoisotopic (exact) mass is 276 g/mol. The molecule has 0 aromatic heterocycles. The van der Waals surface area contributed by atoms with E-state index in [2.05, 4.69) is 65.7 Å². The highest BCUT2D eigenvalue weighted by Crippen LogP contribution is 2.27. The second-order valence-corrected chi connectivity index (χ2v) is 4.95. The van der Waals surface area contributed by atoms with Crippen LogP contribution in [0.5, 0.6) is 0 Å². The molecule has 0 aliphatic rings. The van der Waals surface area contributed by atoms with Gasteiger partial charge >= 0.3 is 6.26 Å². The molecule has 0 saturated carbocycles. The smallest absolute Gasteiger partial charge is 0.393 e. The van der Waals surface area contributed by atoms with E-state index in [0.717, 1.165) is 6.42 Å². The van der Waals surface area contributed by atoms with Crippen molar-refractivity contribution in [1.29, 1.82) is 0 Å². The number of nitrogens with zero attached hydrogens (tertiary/aromatic N) is 1. The fraction of sp³-hybridized carbons (Fsp3) is 0.211. The van der Waals surface area contributed by atoms with Crippen molar-refractivity contribution in [1.82, 2.24) is 0 Å². The lowest BCUT2D eigenvalue weighted by atomic mass is 9.97. The molecule has 0 aliphatic heterocycles. The molecule has 3 aromatic carbocycles. The van der Waals surface area contributed by atoms with Gasteiger partial charge in [0.1, 0.15) is 6.61 Å². The van der Waals surface area contributed by atoms with Crippen LogP contribution in [0.3, 0.4) is 0 Å². The average Bonchev–Trinajstić information content (AvgIpc) is 2.54. The normalized spacial score (nSPS) is 10.3. The largest absolute Gasteiger partial charge is 0.513 e. The quantitative estimate of drug-likeness (QED) is 0.492. The molecule has 0 amide bonds. The summed E-state index contributed by atoms with van der Waals surface area (Å²) in [5, 5.41) is 5.21. The van der Waals surface area contributed by atoms with Gasteiger partial charge in [-0.3, -0.25) is 0 Å². The summed E-state index contributed by atoms with van der Waals surface area (Å²) >= 11 is 0. The number of hydrogen-bond donors (Lipinski definition) is 0. The van der Waals surface area contributed by atoms with Crippen molar-refractivity contribution in [3.8, 4) is 6.26 Å². The van der Waals surface area contributed by atoms with Crippen molar-refractivity contribution in [2.75, 3.05) is 13.2 Å². The van der Waals surface area contributed by atoms with E-state index in [1.54, 1.807) is 0 Å². The maximum absolute atomic E-state index is 5.00. The molecule has 0 unspecified atom stereocenters. The van der Waals surface area contributed by atoms with Gasteiger partial charge in [-0.2, -0.15) is 0 Å². The van der Waals surface area contributed by atoms with Gasteiger partial charge in [0.05, 0.1) is 6.42 Å². The van der Waals surface area contributed by atoms with Crippen LogP contribution in [0.25, 0.3) is 26.4 Å². The number of rotatable bonds is 3. The first kappa shape index (κ1) is 13.5. The van der Waals surface area contributed by atoms with Crippen LogP contribution in [-0.4, -0.2) is 13.2 Å². The van der Waals surface area contributed by atoms with Crippen molar-refractivity contribution in [3.05, 3.63) is 65.0 Å². The number of benzene rings is 3. The first-order valence-corrected chi connectivity index (χ1v) is 7.33. The zero-order valence-electron chi connectivity index (χ0n) is 12.2. The Morgan fingerprint density at radius 1 is 0.905 bits per heavy atom. The lowest BCUT2D eigenvalue weighted by Crippen LogP contribution is -1.90. The Morgan fingerprint density at radius 2 is 1.76 bits per heavy atom. The molecule has 0 bridgehead atoms. The SMILES string of the molecule is CCOC#[N+]CCc1cccc2c1ccc1ccccc12. The average molecular weight is 276 g/mol. The Morgan fingerprint density at radius 3 is 2.67 bits per heavy atom. The van der Waals surface area contributed by atoms with Crippen LogP contribution in [0.4, 0.5) is 0 Å². The van der Waals surface area contributed by atoms with E-state index < -0.39 is 0 Å². The third-order valence-electron chi connectivity index (χ3n) is 3.64. The van der Waals surface area contributed by atoms with Gasteiger partial charge in [-0.25, -0.2) is 0 Å². The van der Waals surface area contributed by atoms with Gasteiger partial charge < -0.3 is 4.74 Å². The predicted octanol–water partition coefficient (Wildman–Crippen LogP) is 4.86. The summed E-state index contributed by atoms with van der Waals surface area (Å²) in [7, 11) is 0. The predicted molar refractivity (Wildman–Crippen MR) is 88.9 cm³/mol. The minimum absolute atomic E-state index is 0.615. The Balaban J connectivity index is 1.97. The molecular formula is C19H18NO+. The Kier molecular flexibility index (Phi) is 4.02. The molecule has 2 heteroatoms. The van der Waals surface area contributed by atoms with Gasteiger partial charge in [0, 0.05) is 0 Å². The fourth-order valence-corrected chi connectivity index (χ4v) is 2.66. The van der Waals surface area contributed by atoms with E-state index in [1.807, 2.05) is 6.92 Å². The van der Waals surface area contributed by atoms with Gasteiger partial charge in [0.25, 0.3) is 6.54 Å². The Hall–Kier alpha value is -2.53. The molecular weight excluding hydrogens is 258 g/mol. The molecule has 3 aromatic rings. The molecule has 0 N–H and O–H groups in total. The van der Waals surface area contributed by atoms with Crippen molar-refractivity contribution >= 4 is 21.5 Å². The molecule has 104 valence electrons. The fourth-order valence-electron chi connectivity index (χ4n) is 2.66. The Labute approximate surface area is 124 Å². The van der Waals surface area contributed by atoms with Crippen LogP contribution in [0, 0.1) is 6.26 Å². The van der Waals surface area contributed by atoms with E-state index in [9.17, 15) is 0 Å². The van der Waals surface area contributed by atoms with Crippen LogP contribution in [0.2, 0.25) is 0 Å². The standard InChI is InChI=1S/C19H18NO/c1-2-21-14-20-13-12-16-7-5-9-19-17-8-4-3-6-15(17)10-11-18(16)19/h3-11H,2,12-13H2,1H3/q+1. The summed E-state index contributed by atoms with van der Waals surface area (Å²) in [4.78, 5) is 4.15. The Bertz CT molecular complexity index is 827. The summed E-state index contributed by atoms with van der Waals surface area (Å²) in [5.41, 5.74) is 1.32. The molecule has 0 fully saturated rings. The second-order valence-electron chi connectivity index (χ2n) is 4.95. The maximum Gasteiger partial charge on any atom is 0.513 e. The molecule has 0 heterocycles. The van der Waals surface area contributed by atoms with E-state index in [4.69, 9.17) is 4.74 Å². The van der Waals surface area contributed by atoms with Gasteiger partial charge in [0.2, 0.25) is 0 Å². The number of ether oxygens (including phenoxy) is 1. The van der Waals surface area contributed by atoms with Crippen LogP contribution < -0.4 is 0 Å². The highest BCUT2D eigenvalue weighted by molar-refractivity contribution is 6.08. The summed E-state index contributed by atoms with van der Waals surface area (Å²) in [6, 6.07) is 19.4. The van der Waals surface area contributed by atoms with Gasteiger partial charge in [0.15, 0.2) is 0 Å². The number of fused-ring (bicyclic) bond motifs is 3. The molecule has 2 nitrogen and oxygen atoms in total. The summed E-state index contributed by atoms with van der Waals surface area (Å²) in [5.74, 6) is 0. The van der Waals surface area contributed by atoms with Crippen molar-refractivity contribution in [3.63, 3.8) is 0 Å². The van der Waals surface area contributed by atoms with Crippen molar-refractivity contribution in [2.24, 2.45) is 0 Å². The molecule has 21 heavy (non-hydrogen) atoms. The zero-order valence-corrected chi connectivity index (χ0v) is 12.2. The van der Waals surface area contributed by atoms with E-state index in [1.165, 1.54) is 27.1 Å². The van der Waals surface area contributed by atoms with E-state index in [0.29, 0.717) is 13.2 Å². The molecule has 0 radical (unpaired) electrons. The van der Waals surface area contributed by atoms with Crippen LogP contribution in [-0.2, 0) is 11.2 Å². The first-order valence-electron chi connectivity index (χ1n) is 7.33. The van der Waals surface area contributed by atoms with Gasteiger partial charge in [-0.1, -0.05) is 54.6 Å². The van der Waals surface area contributed by atoms with Gasteiger partial charge in [-0.05, 0) is 38.9 Å². The third-order valence-corrected chi connectivity index (χ3v) is 3.64. The topological polar surface area (TPSA) is 13.6 Å². The van der Waals surface area contributed by atoms with Crippen LogP contribution in [0.15, 0.2) is 54.6 Å². The van der Waals surface area contributed by atoms with Crippen molar-refractivity contribution in [2.45, 2.75) is 13.3 Å². The molecule has 0 aliphatic carbocycles. The molecule has 3 rings (SSSR count). The molecule has 0 atom stereocenters. The maximum atomic E-state index is 5.00. The number of hydrogen-bond acceptors (Lipinski definition) is 1. The molecule has 0 saturated heterocycles. The minimum Gasteiger partial charge on any atom is -0.393 e. The van der Waals surface area contributed by atoms with E-state index in [-0.39, 0.29) is 0 Å². The van der Waals surface area contributed by atoms with Gasteiger partial charge in [-0.15, -0.1) is 0 Å². The second kappa shape index (κ2) is 6.28. The highest BCUT2D eigenvalue weighted by atomic mass is 16.5. The van der Waals surface area contributed by atoms with Crippen LogP contribution >= 0.6 is 0 Å². The van der Waals surface area contributed by atoms with Crippen LogP contribution in [0.1, 0.15) is 12.5 Å². The zero-order chi connectivity index (χ0) is 14.5. The van der Waals surface area contributed by atoms with E-state index >= 15 is 0 Å². The summed E-state index contributed by atoms with van der Waals surface area (Å²) in [6.07, 6.45) is 3.51. The summed E-state index contributed by atoms with van der Waals surface area (Å²) < 4.78 is 5.00.